The van der Waals surface area contributed by atoms with Crippen LogP contribution in [0.3, 0.4) is 0 Å². The average Bonchev–Trinajstić information content (AvgIpc) is 2.44. The van der Waals surface area contributed by atoms with Crippen molar-refractivity contribution in [2.24, 2.45) is 10.8 Å². The molecule has 1 unspecified atom stereocenters. The molecule has 0 saturated heterocycles. The van der Waals surface area contributed by atoms with E-state index in [9.17, 15) is 5.11 Å². The van der Waals surface area contributed by atoms with Crippen molar-refractivity contribution in [1.82, 2.24) is 5.01 Å². The Morgan fingerprint density at radius 3 is 2.44 bits per heavy atom. The maximum atomic E-state index is 11.0. The van der Waals surface area contributed by atoms with Crippen LogP contribution in [0.25, 0.3) is 0 Å². The number of fused-ring (bicyclic) bond motifs is 1. The number of aliphatic hydroxyl groups is 1. The summed E-state index contributed by atoms with van der Waals surface area (Å²) in [6.45, 7) is 0. The molecule has 0 saturated carbocycles. The minimum Gasteiger partial charge on any atom is -0.362 e. The molecule has 0 amide bonds. The van der Waals surface area contributed by atoms with Crippen LogP contribution in [-0.4, -0.2) is 16.5 Å². The predicted octanol–water partition coefficient (Wildman–Crippen LogP) is 1.73. The van der Waals surface area contributed by atoms with Gasteiger partial charge in [0.2, 0.25) is 5.72 Å². The first kappa shape index (κ1) is 11.0. The third-order valence-electron chi connectivity index (χ3n) is 3.15. The molecule has 18 heavy (non-hydrogen) atoms. The van der Waals surface area contributed by atoms with Gasteiger partial charge >= 0.3 is 0 Å². The summed E-state index contributed by atoms with van der Waals surface area (Å²) in [5.74, 6) is 5.89. The second kappa shape index (κ2) is 3.94. The van der Waals surface area contributed by atoms with E-state index < -0.39 is 5.72 Å². The number of aliphatic imine (C=N–C) groups is 1. The third-order valence-corrected chi connectivity index (χ3v) is 3.15. The molecule has 0 spiro atoms. The number of hydrogen-bond acceptors (Lipinski definition) is 4. The van der Waals surface area contributed by atoms with E-state index in [1.807, 2.05) is 54.6 Å². The van der Waals surface area contributed by atoms with Crippen molar-refractivity contribution in [1.29, 1.82) is 0 Å². The normalized spacial score (nSPS) is 21.8. The lowest BCUT2D eigenvalue weighted by atomic mass is 9.92. The maximum absolute atomic E-state index is 11.0. The first-order chi connectivity index (χ1) is 8.73. The molecule has 90 valence electrons. The van der Waals surface area contributed by atoms with Crippen LogP contribution in [0.1, 0.15) is 11.1 Å². The molecule has 3 rings (SSSR count). The zero-order valence-electron chi connectivity index (χ0n) is 9.69. The van der Waals surface area contributed by atoms with Gasteiger partial charge in [-0.05, 0) is 6.07 Å². The first-order valence-corrected chi connectivity index (χ1v) is 5.68. The van der Waals surface area contributed by atoms with Crippen LogP contribution >= 0.6 is 0 Å². The van der Waals surface area contributed by atoms with E-state index in [0.717, 1.165) is 5.69 Å². The fraction of sp³-hybridized carbons (Fsp3) is 0.0714. The molecular formula is C14H13N3O. The van der Waals surface area contributed by atoms with Crippen molar-refractivity contribution in [2.45, 2.75) is 5.72 Å². The molecule has 2 aromatic carbocycles. The van der Waals surface area contributed by atoms with Gasteiger partial charge in [-0.2, -0.15) is 0 Å². The lowest BCUT2D eigenvalue weighted by Crippen LogP contribution is -2.51. The molecule has 3 N–H and O–H groups in total. The van der Waals surface area contributed by atoms with Crippen molar-refractivity contribution < 1.29 is 5.11 Å². The van der Waals surface area contributed by atoms with E-state index in [1.54, 1.807) is 0 Å². The van der Waals surface area contributed by atoms with Crippen LogP contribution in [0.4, 0.5) is 5.69 Å². The fourth-order valence-electron chi connectivity index (χ4n) is 2.20. The Bertz CT molecular complexity index is 597. The highest BCUT2D eigenvalue weighted by atomic mass is 16.3. The average molecular weight is 239 g/mol. The van der Waals surface area contributed by atoms with E-state index in [2.05, 4.69) is 4.99 Å². The highest BCUT2D eigenvalue weighted by Crippen LogP contribution is 2.38. The molecule has 0 aliphatic carbocycles. The Balaban J connectivity index is 2.24. The lowest BCUT2D eigenvalue weighted by molar-refractivity contribution is -0.0373. The molecule has 0 fully saturated rings. The van der Waals surface area contributed by atoms with E-state index >= 15 is 0 Å². The first-order valence-electron chi connectivity index (χ1n) is 5.68. The summed E-state index contributed by atoms with van der Waals surface area (Å²) in [6.07, 6.45) is 1.44. The number of rotatable bonds is 1. The zero-order chi connectivity index (χ0) is 12.6. The largest absolute Gasteiger partial charge is 0.362 e. The molecule has 0 bridgehead atoms. The van der Waals surface area contributed by atoms with Crippen molar-refractivity contribution in [3.8, 4) is 0 Å². The van der Waals surface area contributed by atoms with E-state index in [-0.39, 0.29) is 0 Å². The van der Waals surface area contributed by atoms with Gasteiger partial charge < -0.3 is 5.11 Å². The molecule has 1 aliphatic rings. The molecular weight excluding hydrogens is 226 g/mol. The minimum absolute atomic E-state index is 0.682. The minimum atomic E-state index is -1.38. The Hall–Kier alpha value is -2.17. The summed E-state index contributed by atoms with van der Waals surface area (Å²) >= 11 is 0. The second-order valence-corrected chi connectivity index (χ2v) is 4.21. The predicted molar refractivity (Wildman–Crippen MR) is 70.1 cm³/mol. The van der Waals surface area contributed by atoms with Gasteiger partial charge in [0.25, 0.3) is 0 Å². The van der Waals surface area contributed by atoms with Gasteiger partial charge in [-0.3, -0.25) is 5.01 Å². The molecule has 2 aromatic rings. The van der Waals surface area contributed by atoms with Crippen LogP contribution in [-0.2, 0) is 5.72 Å². The van der Waals surface area contributed by atoms with Crippen molar-refractivity contribution >= 4 is 12.0 Å². The number of benzene rings is 2. The summed E-state index contributed by atoms with van der Waals surface area (Å²) < 4.78 is 0. The SMILES string of the molecule is NN1C=Nc2ccccc2C1(O)c1ccccc1. The summed E-state index contributed by atoms with van der Waals surface area (Å²) in [6, 6.07) is 16.8. The number of hydrazine groups is 1. The second-order valence-electron chi connectivity index (χ2n) is 4.21. The molecule has 1 aliphatic heterocycles. The van der Waals surface area contributed by atoms with E-state index in [4.69, 9.17) is 5.84 Å². The Labute approximate surface area is 105 Å². The summed E-state index contributed by atoms with van der Waals surface area (Å²) in [4.78, 5) is 4.21. The molecule has 0 radical (unpaired) electrons. The van der Waals surface area contributed by atoms with Gasteiger partial charge in [0, 0.05) is 11.1 Å². The number of nitrogens with two attached hydrogens (primary N) is 1. The van der Waals surface area contributed by atoms with E-state index in [0.29, 0.717) is 11.1 Å². The maximum Gasteiger partial charge on any atom is 0.207 e. The summed E-state index contributed by atoms with van der Waals surface area (Å²) in [5, 5.41) is 12.2. The Kier molecular flexibility index (Phi) is 2.40. The van der Waals surface area contributed by atoms with Gasteiger partial charge in [-0.25, -0.2) is 10.8 Å². The van der Waals surface area contributed by atoms with Crippen molar-refractivity contribution in [2.75, 3.05) is 0 Å². The monoisotopic (exact) mass is 239 g/mol. The van der Waals surface area contributed by atoms with Gasteiger partial charge in [0.05, 0.1) is 5.69 Å². The van der Waals surface area contributed by atoms with Crippen LogP contribution in [0.2, 0.25) is 0 Å². The Morgan fingerprint density at radius 1 is 1.00 bits per heavy atom. The zero-order valence-corrected chi connectivity index (χ0v) is 9.69. The van der Waals surface area contributed by atoms with Crippen LogP contribution in [0.5, 0.6) is 0 Å². The topological polar surface area (TPSA) is 61.8 Å². The standard InChI is InChI=1S/C14H13N3O/c15-17-10-16-13-9-5-4-8-12(13)14(17,18)11-6-2-1-3-7-11/h1-10,18H,15H2. The number of nitrogens with zero attached hydrogens (tertiary/aromatic N) is 2. The van der Waals surface area contributed by atoms with Gasteiger partial charge in [0.1, 0.15) is 6.34 Å². The van der Waals surface area contributed by atoms with Gasteiger partial charge in [-0.1, -0.05) is 48.5 Å². The van der Waals surface area contributed by atoms with Crippen molar-refractivity contribution in [3.63, 3.8) is 0 Å². The van der Waals surface area contributed by atoms with Crippen LogP contribution in [0.15, 0.2) is 59.6 Å². The van der Waals surface area contributed by atoms with Gasteiger partial charge in [0.15, 0.2) is 0 Å². The highest BCUT2D eigenvalue weighted by Gasteiger charge is 2.39. The number of hydrogen-bond donors (Lipinski definition) is 2. The molecule has 1 atom stereocenters. The van der Waals surface area contributed by atoms with Crippen LogP contribution < -0.4 is 5.84 Å². The van der Waals surface area contributed by atoms with Crippen molar-refractivity contribution in [3.05, 3.63) is 65.7 Å². The lowest BCUT2D eigenvalue weighted by Gasteiger charge is -2.38. The molecule has 4 heteroatoms. The fourth-order valence-corrected chi connectivity index (χ4v) is 2.20. The van der Waals surface area contributed by atoms with Crippen LogP contribution in [0, 0.1) is 0 Å². The summed E-state index contributed by atoms with van der Waals surface area (Å²) in [5.41, 5.74) is 0.748. The van der Waals surface area contributed by atoms with Gasteiger partial charge in [-0.15, -0.1) is 0 Å². The molecule has 0 aromatic heterocycles. The summed E-state index contributed by atoms with van der Waals surface area (Å²) in [7, 11) is 0. The quantitative estimate of drug-likeness (QED) is 0.745. The highest BCUT2D eigenvalue weighted by molar-refractivity contribution is 5.70. The Morgan fingerprint density at radius 2 is 1.67 bits per heavy atom. The number of para-hydroxylation sites is 1. The van der Waals surface area contributed by atoms with E-state index in [1.165, 1.54) is 11.3 Å². The molecule has 4 nitrogen and oxygen atoms in total. The smallest absolute Gasteiger partial charge is 0.207 e. The third kappa shape index (κ3) is 1.44. The molecule has 1 heterocycles.